The predicted molar refractivity (Wildman–Crippen MR) is 44.6 cm³/mol. The summed E-state index contributed by atoms with van der Waals surface area (Å²) in [5.74, 6) is -0.832. The maximum Gasteiger partial charge on any atom is 0.389 e. The van der Waals surface area contributed by atoms with E-state index in [1.165, 1.54) is 0 Å². The molecule has 1 aromatic heterocycles. The molecule has 0 atom stereocenters. The number of hydrogen-bond donors (Lipinski definition) is 0. The first-order valence-corrected chi connectivity index (χ1v) is 4.49. The lowest BCUT2D eigenvalue weighted by Crippen LogP contribution is -2.12. The van der Waals surface area contributed by atoms with E-state index in [2.05, 4.69) is 19.7 Å². The maximum atomic E-state index is 11.9. The number of aryl methyl sites for hydroxylation is 1. The number of carbonyl (C=O) groups is 1. The first-order chi connectivity index (χ1) is 7.44. The van der Waals surface area contributed by atoms with Crippen LogP contribution >= 0.6 is 0 Å². The van der Waals surface area contributed by atoms with Crippen molar-refractivity contribution in [3.8, 4) is 0 Å². The van der Waals surface area contributed by atoms with Crippen LogP contribution in [0.1, 0.15) is 29.5 Å². The molecule has 1 rings (SSSR count). The van der Waals surface area contributed by atoms with Crippen molar-refractivity contribution in [2.45, 2.75) is 25.9 Å². The number of nitrogens with zero attached hydrogens (tertiary/aromatic N) is 2. The van der Waals surface area contributed by atoms with Gasteiger partial charge < -0.3 is 4.74 Å². The number of aromatic nitrogens is 2. The summed E-state index contributed by atoms with van der Waals surface area (Å²) in [5.41, 5.74) is -0.443. The van der Waals surface area contributed by atoms with E-state index in [9.17, 15) is 18.0 Å². The topological polar surface area (TPSA) is 65.2 Å². The molecule has 0 spiro atoms. The van der Waals surface area contributed by atoms with E-state index in [0.29, 0.717) is 0 Å². The molecule has 8 heteroatoms. The molecule has 90 valence electrons. The van der Waals surface area contributed by atoms with Gasteiger partial charge in [0.05, 0.1) is 6.61 Å². The van der Waals surface area contributed by atoms with Crippen LogP contribution in [0.2, 0.25) is 0 Å². The van der Waals surface area contributed by atoms with Crippen molar-refractivity contribution >= 4 is 5.97 Å². The summed E-state index contributed by atoms with van der Waals surface area (Å²) < 4.78 is 44.6. The molecule has 0 saturated heterocycles. The second-order valence-corrected chi connectivity index (χ2v) is 2.90. The molecule has 0 unspecified atom stereocenters. The minimum absolute atomic E-state index is 0.102. The highest BCUT2D eigenvalue weighted by atomic mass is 19.4. The fraction of sp³-hybridized carbons (Fsp3) is 0.625. The SMILES string of the molecule is CCOC(=O)c1nonc1CCC(F)(F)F. The Hall–Kier alpha value is -1.60. The van der Waals surface area contributed by atoms with Crippen LogP contribution in [0, 0.1) is 0 Å². The molecule has 0 bridgehead atoms. The van der Waals surface area contributed by atoms with Gasteiger partial charge in [0, 0.05) is 12.8 Å². The van der Waals surface area contributed by atoms with Gasteiger partial charge >= 0.3 is 12.1 Å². The van der Waals surface area contributed by atoms with Crippen molar-refractivity contribution in [1.82, 2.24) is 10.3 Å². The molecule has 0 aliphatic carbocycles. The van der Waals surface area contributed by atoms with Gasteiger partial charge in [-0.3, -0.25) is 0 Å². The van der Waals surface area contributed by atoms with E-state index in [-0.39, 0.29) is 18.0 Å². The van der Waals surface area contributed by atoms with Crippen molar-refractivity contribution in [3.63, 3.8) is 0 Å². The van der Waals surface area contributed by atoms with Crippen LogP contribution in [0.5, 0.6) is 0 Å². The van der Waals surface area contributed by atoms with Gasteiger partial charge in [-0.1, -0.05) is 5.16 Å². The average molecular weight is 238 g/mol. The van der Waals surface area contributed by atoms with Crippen LogP contribution in [-0.4, -0.2) is 29.1 Å². The third-order valence-electron chi connectivity index (χ3n) is 1.67. The zero-order valence-corrected chi connectivity index (χ0v) is 8.37. The number of hydrogen-bond acceptors (Lipinski definition) is 5. The molecule has 1 aromatic rings. The average Bonchev–Trinajstić information content (AvgIpc) is 2.61. The van der Waals surface area contributed by atoms with E-state index in [4.69, 9.17) is 0 Å². The first-order valence-electron chi connectivity index (χ1n) is 4.49. The molecule has 0 aromatic carbocycles. The van der Waals surface area contributed by atoms with Crippen LogP contribution in [-0.2, 0) is 11.2 Å². The van der Waals surface area contributed by atoms with Gasteiger partial charge in [-0.2, -0.15) is 13.2 Å². The molecule has 16 heavy (non-hydrogen) atoms. The molecule has 5 nitrogen and oxygen atoms in total. The van der Waals surface area contributed by atoms with Crippen LogP contribution in [0.4, 0.5) is 13.2 Å². The fourth-order valence-corrected chi connectivity index (χ4v) is 0.985. The molecular formula is C8H9F3N2O3. The van der Waals surface area contributed by atoms with Crippen molar-refractivity contribution in [2.75, 3.05) is 6.61 Å². The smallest absolute Gasteiger partial charge is 0.389 e. The predicted octanol–water partition coefficient (Wildman–Crippen LogP) is 1.74. The summed E-state index contributed by atoms with van der Waals surface area (Å²) in [6.45, 7) is 1.67. The molecule has 0 N–H and O–H groups in total. The third-order valence-corrected chi connectivity index (χ3v) is 1.67. The monoisotopic (exact) mass is 238 g/mol. The van der Waals surface area contributed by atoms with Gasteiger partial charge in [0.1, 0.15) is 5.69 Å². The number of alkyl halides is 3. The van der Waals surface area contributed by atoms with Gasteiger partial charge in [0.15, 0.2) is 0 Å². The van der Waals surface area contributed by atoms with Crippen molar-refractivity contribution in [3.05, 3.63) is 11.4 Å². The maximum absolute atomic E-state index is 11.9. The van der Waals surface area contributed by atoms with Crippen molar-refractivity contribution in [1.29, 1.82) is 0 Å². The van der Waals surface area contributed by atoms with Crippen molar-refractivity contribution in [2.24, 2.45) is 0 Å². The third kappa shape index (κ3) is 3.52. The molecule has 0 fully saturated rings. The van der Waals surface area contributed by atoms with E-state index < -0.39 is 25.0 Å². The Kier molecular flexibility index (Phi) is 3.86. The Balaban J connectivity index is 2.67. The summed E-state index contributed by atoms with van der Waals surface area (Å²) in [6.07, 6.45) is -5.86. The van der Waals surface area contributed by atoms with E-state index in [1.54, 1.807) is 6.92 Å². The fourth-order valence-electron chi connectivity index (χ4n) is 0.985. The van der Waals surface area contributed by atoms with Gasteiger partial charge in [-0.15, -0.1) is 0 Å². The largest absolute Gasteiger partial charge is 0.461 e. The van der Waals surface area contributed by atoms with Gasteiger partial charge in [0.2, 0.25) is 5.69 Å². The summed E-state index contributed by atoms with van der Waals surface area (Å²) in [7, 11) is 0. The van der Waals surface area contributed by atoms with Crippen LogP contribution < -0.4 is 0 Å². The van der Waals surface area contributed by atoms with Crippen LogP contribution in [0.15, 0.2) is 4.63 Å². The molecular weight excluding hydrogens is 229 g/mol. The number of ether oxygens (including phenoxy) is 1. The lowest BCUT2D eigenvalue weighted by atomic mass is 10.2. The molecule has 0 aliphatic heterocycles. The highest BCUT2D eigenvalue weighted by molar-refractivity contribution is 5.88. The Morgan fingerprint density at radius 2 is 2.12 bits per heavy atom. The van der Waals surface area contributed by atoms with Crippen molar-refractivity contribution < 1.29 is 27.3 Å². The van der Waals surface area contributed by atoms with Gasteiger partial charge in [0.25, 0.3) is 0 Å². The highest BCUT2D eigenvalue weighted by Gasteiger charge is 2.29. The standard InChI is InChI=1S/C8H9F3N2O3/c1-2-15-7(14)6-5(12-16-13-6)3-4-8(9,10)11/h2-4H2,1H3. The number of carbonyl (C=O) groups excluding carboxylic acids is 1. The van der Waals surface area contributed by atoms with E-state index in [1.807, 2.05) is 0 Å². The second kappa shape index (κ2) is 4.95. The Bertz CT molecular complexity index is 362. The lowest BCUT2D eigenvalue weighted by molar-refractivity contribution is -0.134. The first kappa shape index (κ1) is 12.5. The van der Waals surface area contributed by atoms with Crippen LogP contribution in [0.25, 0.3) is 0 Å². The minimum atomic E-state index is -4.31. The minimum Gasteiger partial charge on any atom is -0.461 e. The Morgan fingerprint density at radius 1 is 1.44 bits per heavy atom. The summed E-state index contributed by atoms with van der Waals surface area (Å²) in [5, 5.41) is 6.44. The van der Waals surface area contributed by atoms with E-state index >= 15 is 0 Å². The number of halogens is 3. The number of esters is 1. The quantitative estimate of drug-likeness (QED) is 0.747. The van der Waals surface area contributed by atoms with Gasteiger partial charge in [-0.25, -0.2) is 9.42 Å². The Morgan fingerprint density at radius 3 is 2.69 bits per heavy atom. The Labute approximate surface area is 88.5 Å². The zero-order chi connectivity index (χ0) is 12.2. The normalized spacial score (nSPS) is 11.5. The van der Waals surface area contributed by atoms with E-state index in [0.717, 1.165) is 0 Å². The lowest BCUT2D eigenvalue weighted by Gasteiger charge is -2.03. The summed E-state index contributed by atoms with van der Waals surface area (Å²) in [6, 6.07) is 0. The molecule has 1 heterocycles. The highest BCUT2D eigenvalue weighted by Crippen LogP contribution is 2.22. The molecule has 0 radical (unpaired) electrons. The zero-order valence-electron chi connectivity index (χ0n) is 8.37. The molecule has 0 saturated carbocycles. The van der Waals surface area contributed by atoms with Gasteiger partial charge in [-0.05, 0) is 12.1 Å². The second-order valence-electron chi connectivity index (χ2n) is 2.90. The van der Waals surface area contributed by atoms with Crippen LogP contribution in [0.3, 0.4) is 0 Å². The molecule has 0 amide bonds. The summed E-state index contributed by atoms with van der Waals surface area (Å²) in [4.78, 5) is 11.2. The summed E-state index contributed by atoms with van der Waals surface area (Å²) >= 11 is 0. The number of rotatable bonds is 4. The molecule has 0 aliphatic rings.